The van der Waals surface area contributed by atoms with Crippen molar-refractivity contribution in [2.45, 2.75) is 24.7 Å². The molecule has 3 amide bonds. The van der Waals surface area contributed by atoms with Crippen LogP contribution in [0.1, 0.15) is 19.8 Å². The number of sulfonamides is 1. The van der Waals surface area contributed by atoms with Gasteiger partial charge in [0.15, 0.2) is 0 Å². The smallest absolute Gasteiger partial charge is 0.343 e. The third-order valence-electron chi connectivity index (χ3n) is 4.29. The van der Waals surface area contributed by atoms with Crippen LogP contribution in [0.2, 0.25) is 0 Å². The average Bonchev–Trinajstić information content (AvgIpc) is 2.67. The number of para-hydroxylation sites is 1. The highest BCUT2D eigenvalue weighted by molar-refractivity contribution is 7.94. The van der Waals surface area contributed by atoms with Gasteiger partial charge in [0.1, 0.15) is 17.3 Å². The number of rotatable bonds is 6. The van der Waals surface area contributed by atoms with Gasteiger partial charge in [-0.3, -0.25) is 9.69 Å². The highest BCUT2D eigenvalue weighted by Gasteiger charge is 2.42. The van der Waals surface area contributed by atoms with E-state index in [2.05, 4.69) is 5.32 Å². The van der Waals surface area contributed by atoms with Gasteiger partial charge in [-0.2, -0.15) is 4.31 Å². The first-order valence-corrected chi connectivity index (χ1v) is 10.3. The number of hydrogen-bond donors (Lipinski definition) is 1. The van der Waals surface area contributed by atoms with Crippen LogP contribution in [-0.4, -0.2) is 33.4 Å². The Labute approximate surface area is 162 Å². The molecule has 0 fully saturated rings. The normalized spacial score (nSPS) is 15.3. The Balaban J connectivity index is 2.01. The topological polar surface area (TPSA) is 86.8 Å². The van der Waals surface area contributed by atoms with Gasteiger partial charge in [0.05, 0.1) is 11.4 Å². The lowest BCUT2D eigenvalue weighted by Gasteiger charge is -2.35. The number of hydrogen-bond acceptors (Lipinski definition) is 4. The zero-order valence-corrected chi connectivity index (χ0v) is 16.1. The van der Waals surface area contributed by atoms with E-state index in [4.69, 9.17) is 0 Å². The lowest BCUT2D eigenvalue weighted by molar-refractivity contribution is -0.119. The van der Waals surface area contributed by atoms with Crippen LogP contribution in [-0.2, 0) is 14.8 Å². The molecule has 0 saturated heterocycles. The fourth-order valence-electron chi connectivity index (χ4n) is 2.89. The molecule has 0 saturated carbocycles. The molecule has 2 aromatic rings. The largest absolute Gasteiger partial charge is 0.355 e. The first-order valence-electron chi connectivity index (χ1n) is 8.84. The van der Waals surface area contributed by atoms with Crippen molar-refractivity contribution in [1.29, 1.82) is 0 Å². The van der Waals surface area contributed by atoms with E-state index in [1.165, 1.54) is 30.3 Å². The summed E-state index contributed by atoms with van der Waals surface area (Å²) >= 11 is 0. The summed E-state index contributed by atoms with van der Waals surface area (Å²) in [6, 6.07) is 9.64. The molecule has 1 N–H and O–H groups in total. The van der Waals surface area contributed by atoms with Crippen LogP contribution in [0.3, 0.4) is 0 Å². The maximum absolute atomic E-state index is 13.3. The SMILES string of the molecule is CCCCNC(=O)CN1C(=O)N(c2ccc(F)cc2)S(=O)(=O)c2ccccc21. The highest BCUT2D eigenvalue weighted by Crippen LogP contribution is 2.36. The van der Waals surface area contributed by atoms with Gasteiger partial charge in [-0.05, 0) is 42.8 Å². The number of anilines is 2. The van der Waals surface area contributed by atoms with Crippen molar-refractivity contribution in [2.24, 2.45) is 0 Å². The lowest BCUT2D eigenvalue weighted by atomic mass is 10.2. The number of urea groups is 1. The van der Waals surface area contributed by atoms with E-state index in [-0.39, 0.29) is 22.8 Å². The van der Waals surface area contributed by atoms with E-state index in [0.717, 1.165) is 29.9 Å². The average molecular weight is 405 g/mol. The Morgan fingerprint density at radius 2 is 1.79 bits per heavy atom. The second kappa shape index (κ2) is 7.97. The molecule has 0 unspecified atom stereocenters. The van der Waals surface area contributed by atoms with Gasteiger partial charge in [-0.25, -0.2) is 17.6 Å². The number of unbranched alkanes of at least 4 members (excludes halogenated alkanes) is 1. The number of carbonyl (C=O) groups is 2. The molecule has 1 aliphatic heterocycles. The third-order valence-corrected chi connectivity index (χ3v) is 6.04. The number of amides is 3. The summed E-state index contributed by atoms with van der Waals surface area (Å²) in [5.74, 6) is -0.951. The first-order chi connectivity index (χ1) is 13.4. The summed E-state index contributed by atoms with van der Waals surface area (Å²) in [7, 11) is -4.20. The molecule has 0 spiro atoms. The number of nitrogens with zero attached hydrogens (tertiary/aromatic N) is 2. The second-order valence-electron chi connectivity index (χ2n) is 6.29. The van der Waals surface area contributed by atoms with Gasteiger partial charge in [0.25, 0.3) is 10.0 Å². The number of halogens is 1. The molecule has 0 aromatic heterocycles. The summed E-state index contributed by atoms with van der Waals surface area (Å²) < 4.78 is 39.9. The predicted molar refractivity (Wildman–Crippen MR) is 103 cm³/mol. The van der Waals surface area contributed by atoms with Gasteiger partial charge in [0.2, 0.25) is 5.91 Å². The van der Waals surface area contributed by atoms with E-state index < -0.39 is 27.8 Å². The maximum Gasteiger partial charge on any atom is 0.343 e. The first kappa shape index (κ1) is 19.8. The minimum absolute atomic E-state index is 0.00251. The second-order valence-corrected chi connectivity index (χ2v) is 8.04. The molecule has 28 heavy (non-hydrogen) atoms. The molecule has 0 radical (unpaired) electrons. The van der Waals surface area contributed by atoms with Gasteiger partial charge in [0, 0.05) is 6.54 Å². The van der Waals surface area contributed by atoms with E-state index in [1.807, 2.05) is 6.92 Å². The lowest BCUT2D eigenvalue weighted by Crippen LogP contribution is -2.53. The van der Waals surface area contributed by atoms with Crippen molar-refractivity contribution in [1.82, 2.24) is 5.32 Å². The molecular formula is C19H20FN3O4S. The standard InChI is InChI=1S/C19H20FN3O4S/c1-2-3-12-21-18(24)13-22-16-6-4-5-7-17(16)28(26,27)23(19(22)25)15-10-8-14(20)9-11-15/h4-11H,2-3,12-13H2,1H3,(H,21,24). The number of fused-ring (bicyclic) bond motifs is 1. The van der Waals surface area contributed by atoms with Crippen molar-refractivity contribution in [3.63, 3.8) is 0 Å². The minimum Gasteiger partial charge on any atom is -0.355 e. The van der Waals surface area contributed by atoms with E-state index in [9.17, 15) is 22.4 Å². The van der Waals surface area contributed by atoms with E-state index >= 15 is 0 Å². The third kappa shape index (κ3) is 3.70. The van der Waals surface area contributed by atoms with Crippen LogP contribution >= 0.6 is 0 Å². The van der Waals surface area contributed by atoms with Crippen molar-refractivity contribution >= 4 is 33.3 Å². The fourth-order valence-corrected chi connectivity index (χ4v) is 4.49. The van der Waals surface area contributed by atoms with Crippen LogP contribution in [0.15, 0.2) is 53.4 Å². The maximum atomic E-state index is 13.3. The molecule has 9 heteroatoms. The van der Waals surface area contributed by atoms with Crippen molar-refractivity contribution in [2.75, 3.05) is 22.3 Å². The Morgan fingerprint density at radius 1 is 1.11 bits per heavy atom. The molecule has 3 rings (SSSR count). The number of benzene rings is 2. The Morgan fingerprint density at radius 3 is 2.46 bits per heavy atom. The van der Waals surface area contributed by atoms with Gasteiger partial charge in [-0.15, -0.1) is 0 Å². The monoisotopic (exact) mass is 405 g/mol. The van der Waals surface area contributed by atoms with Crippen LogP contribution in [0.4, 0.5) is 20.6 Å². The van der Waals surface area contributed by atoms with Gasteiger partial charge in [-0.1, -0.05) is 25.5 Å². The van der Waals surface area contributed by atoms with E-state index in [1.54, 1.807) is 6.07 Å². The molecule has 1 aliphatic rings. The molecular weight excluding hydrogens is 385 g/mol. The molecule has 2 aromatic carbocycles. The molecule has 0 bridgehead atoms. The zero-order chi connectivity index (χ0) is 20.3. The summed E-state index contributed by atoms with van der Waals surface area (Å²) in [6.07, 6.45) is 1.70. The molecule has 148 valence electrons. The quantitative estimate of drug-likeness (QED) is 0.749. The Bertz CT molecular complexity index is 992. The van der Waals surface area contributed by atoms with Crippen molar-refractivity contribution in [3.8, 4) is 0 Å². The minimum atomic E-state index is -4.20. The van der Waals surface area contributed by atoms with Gasteiger partial charge < -0.3 is 5.32 Å². The Kier molecular flexibility index (Phi) is 5.64. The predicted octanol–water partition coefficient (Wildman–Crippen LogP) is 2.88. The highest BCUT2D eigenvalue weighted by atomic mass is 32.2. The van der Waals surface area contributed by atoms with Crippen LogP contribution in [0.5, 0.6) is 0 Å². The Hall–Kier alpha value is -2.94. The van der Waals surface area contributed by atoms with E-state index in [0.29, 0.717) is 10.8 Å². The summed E-state index contributed by atoms with van der Waals surface area (Å²) in [5, 5.41) is 2.71. The van der Waals surface area contributed by atoms with Crippen molar-refractivity contribution < 1.29 is 22.4 Å². The molecule has 1 heterocycles. The molecule has 0 atom stereocenters. The summed E-state index contributed by atoms with van der Waals surface area (Å²) in [5.41, 5.74) is 0.133. The van der Waals surface area contributed by atoms with Crippen LogP contribution < -0.4 is 14.5 Å². The summed E-state index contributed by atoms with van der Waals surface area (Å²) in [6.45, 7) is 2.13. The number of carbonyl (C=O) groups excluding carboxylic acids is 2. The van der Waals surface area contributed by atoms with Crippen LogP contribution in [0.25, 0.3) is 0 Å². The van der Waals surface area contributed by atoms with Gasteiger partial charge >= 0.3 is 6.03 Å². The summed E-state index contributed by atoms with van der Waals surface area (Å²) in [4.78, 5) is 26.3. The zero-order valence-electron chi connectivity index (χ0n) is 15.3. The fraction of sp³-hybridized carbons (Fsp3) is 0.263. The number of nitrogens with one attached hydrogen (secondary N) is 1. The molecule has 7 nitrogen and oxygen atoms in total. The van der Waals surface area contributed by atoms with Crippen LogP contribution in [0, 0.1) is 5.82 Å². The van der Waals surface area contributed by atoms with Crippen molar-refractivity contribution in [3.05, 3.63) is 54.3 Å². The molecule has 0 aliphatic carbocycles.